The smallest absolute Gasteiger partial charge is 0.306 e. The van der Waals surface area contributed by atoms with Gasteiger partial charge in [-0.3, -0.25) is 9.59 Å². The number of hydrogen-bond donors (Lipinski definition) is 1. The molecule has 0 aromatic heterocycles. The van der Waals surface area contributed by atoms with Crippen LogP contribution in [-0.2, 0) is 14.3 Å². The molecule has 2 N–H and O–H groups in total. The average Bonchev–Trinajstić information content (AvgIpc) is 2.08. The van der Waals surface area contributed by atoms with E-state index in [4.69, 9.17) is 10.5 Å². The van der Waals surface area contributed by atoms with Gasteiger partial charge in [-0.2, -0.15) is 0 Å². The van der Waals surface area contributed by atoms with Crippen LogP contribution in [0.4, 0.5) is 0 Å². The van der Waals surface area contributed by atoms with Crippen LogP contribution in [0.15, 0.2) is 0 Å². The van der Waals surface area contributed by atoms with Crippen LogP contribution in [0, 0.1) is 5.41 Å². The van der Waals surface area contributed by atoms with Gasteiger partial charge in [0.2, 0.25) is 0 Å². The Morgan fingerprint density at radius 3 is 2.00 bits per heavy atom. The van der Waals surface area contributed by atoms with E-state index in [9.17, 15) is 9.59 Å². The van der Waals surface area contributed by atoms with Gasteiger partial charge in [0, 0.05) is 12.8 Å². The number of Topliss-reactive ketones (excluding diaryl/α,β-unsaturated/α-hetero) is 1. The van der Waals surface area contributed by atoms with Crippen LogP contribution in [0.3, 0.4) is 0 Å². The van der Waals surface area contributed by atoms with Gasteiger partial charge in [0.05, 0.1) is 6.04 Å². The molecule has 0 fully saturated rings. The van der Waals surface area contributed by atoms with Crippen LogP contribution in [0.5, 0.6) is 0 Å². The fourth-order valence-electron chi connectivity index (χ4n) is 1.48. The second-order valence-electron chi connectivity index (χ2n) is 6.94. The number of carbonyl (C=O) groups excluding carboxylic acids is 2. The first-order chi connectivity index (χ1) is 7.91. The first-order valence-electron chi connectivity index (χ1n) is 6.41. The molecule has 0 radical (unpaired) electrons. The summed E-state index contributed by atoms with van der Waals surface area (Å²) in [4.78, 5) is 23.3. The molecule has 0 saturated heterocycles. The monoisotopic (exact) mass is 257 g/mol. The van der Waals surface area contributed by atoms with Crippen molar-refractivity contribution < 1.29 is 14.3 Å². The van der Waals surface area contributed by atoms with Crippen molar-refractivity contribution in [3.8, 4) is 0 Å². The molecule has 0 aromatic carbocycles. The number of esters is 1. The van der Waals surface area contributed by atoms with Gasteiger partial charge in [-0.15, -0.1) is 0 Å². The van der Waals surface area contributed by atoms with Crippen LogP contribution in [0.1, 0.15) is 60.8 Å². The molecule has 4 nitrogen and oxygen atoms in total. The summed E-state index contributed by atoms with van der Waals surface area (Å²) in [5.74, 6) is -0.299. The fourth-order valence-corrected chi connectivity index (χ4v) is 1.48. The van der Waals surface area contributed by atoms with Crippen molar-refractivity contribution in [2.45, 2.75) is 72.4 Å². The van der Waals surface area contributed by atoms with E-state index in [1.165, 1.54) is 0 Å². The summed E-state index contributed by atoms with van der Waals surface area (Å²) in [6.45, 7) is 11.4. The third-order valence-corrected chi connectivity index (χ3v) is 2.20. The number of nitrogens with two attached hydrogens (primary N) is 1. The van der Waals surface area contributed by atoms with Crippen molar-refractivity contribution in [2.24, 2.45) is 11.1 Å². The van der Waals surface area contributed by atoms with Crippen LogP contribution in [0.2, 0.25) is 0 Å². The topological polar surface area (TPSA) is 69.4 Å². The average molecular weight is 257 g/mol. The minimum Gasteiger partial charge on any atom is -0.460 e. The Morgan fingerprint density at radius 1 is 1.11 bits per heavy atom. The van der Waals surface area contributed by atoms with E-state index in [1.807, 2.05) is 41.5 Å². The third kappa shape index (κ3) is 9.16. The molecule has 0 saturated carbocycles. The van der Waals surface area contributed by atoms with Gasteiger partial charge < -0.3 is 10.5 Å². The van der Waals surface area contributed by atoms with Crippen molar-refractivity contribution in [2.75, 3.05) is 0 Å². The Balaban J connectivity index is 4.07. The van der Waals surface area contributed by atoms with Gasteiger partial charge in [0.15, 0.2) is 0 Å². The molecule has 4 heteroatoms. The van der Waals surface area contributed by atoms with Gasteiger partial charge >= 0.3 is 5.97 Å². The lowest BCUT2D eigenvalue weighted by Crippen LogP contribution is -2.34. The number of rotatable bonds is 5. The highest BCUT2D eigenvalue weighted by Gasteiger charge is 2.23. The fraction of sp³-hybridized carbons (Fsp3) is 0.857. The highest BCUT2D eigenvalue weighted by Crippen LogP contribution is 2.20. The summed E-state index contributed by atoms with van der Waals surface area (Å²) >= 11 is 0. The summed E-state index contributed by atoms with van der Waals surface area (Å²) < 4.78 is 5.16. The highest BCUT2D eigenvalue weighted by molar-refractivity contribution is 5.84. The second-order valence-corrected chi connectivity index (χ2v) is 6.94. The van der Waals surface area contributed by atoms with E-state index >= 15 is 0 Å². The first-order valence-corrected chi connectivity index (χ1v) is 6.41. The zero-order valence-corrected chi connectivity index (χ0v) is 12.5. The number of ether oxygens (including phenoxy) is 1. The Morgan fingerprint density at radius 2 is 1.61 bits per heavy atom. The lowest BCUT2D eigenvalue weighted by atomic mass is 9.87. The molecule has 1 atom stereocenters. The largest absolute Gasteiger partial charge is 0.460 e. The molecular formula is C14H27NO3. The van der Waals surface area contributed by atoms with Crippen molar-refractivity contribution >= 4 is 11.8 Å². The maximum Gasteiger partial charge on any atom is 0.306 e. The highest BCUT2D eigenvalue weighted by atomic mass is 16.6. The Kier molecular flexibility index (Phi) is 6.00. The van der Waals surface area contributed by atoms with E-state index < -0.39 is 11.6 Å². The molecule has 18 heavy (non-hydrogen) atoms. The lowest BCUT2D eigenvalue weighted by molar-refractivity contribution is -0.155. The molecule has 0 rings (SSSR count). The predicted octanol–water partition coefficient (Wildman–Crippen LogP) is 2.44. The predicted molar refractivity (Wildman–Crippen MR) is 72.1 cm³/mol. The van der Waals surface area contributed by atoms with Gasteiger partial charge in [0.25, 0.3) is 0 Å². The SMILES string of the molecule is CC(C)(C)CC(=O)C(N)CCC(=O)OC(C)(C)C. The van der Waals surface area contributed by atoms with Crippen LogP contribution in [-0.4, -0.2) is 23.4 Å². The third-order valence-electron chi connectivity index (χ3n) is 2.20. The molecule has 1 unspecified atom stereocenters. The van der Waals surface area contributed by atoms with Gasteiger partial charge in [0.1, 0.15) is 11.4 Å². The van der Waals surface area contributed by atoms with Gasteiger partial charge in [-0.05, 0) is 32.6 Å². The second kappa shape index (κ2) is 6.32. The van der Waals surface area contributed by atoms with E-state index in [1.54, 1.807) is 0 Å². The Bertz CT molecular complexity index is 297. The molecule has 0 aromatic rings. The first kappa shape index (κ1) is 17.1. The van der Waals surface area contributed by atoms with Crippen LogP contribution in [0.25, 0.3) is 0 Å². The van der Waals surface area contributed by atoms with Crippen molar-refractivity contribution in [1.29, 1.82) is 0 Å². The zero-order chi connectivity index (χ0) is 14.6. The number of hydrogen-bond acceptors (Lipinski definition) is 4. The van der Waals surface area contributed by atoms with Crippen LogP contribution < -0.4 is 5.73 Å². The standard InChI is InChI=1S/C14H27NO3/c1-13(2,3)9-11(16)10(15)7-8-12(17)18-14(4,5)6/h10H,7-9,15H2,1-6H3. The van der Waals surface area contributed by atoms with E-state index in [0.717, 1.165) is 0 Å². The van der Waals surface area contributed by atoms with Gasteiger partial charge in [-0.1, -0.05) is 20.8 Å². The van der Waals surface area contributed by atoms with Crippen molar-refractivity contribution in [3.05, 3.63) is 0 Å². The van der Waals surface area contributed by atoms with E-state index in [0.29, 0.717) is 12.8 Å². The molecular weight excluding hydrogens is 230 g/mol. The molecule has 0 aliphatic carbocycles. The van der Waals surface area contributed by atoms with Crippen LogP contribution >= 0.6 is 0 Å². The summed E-state index contributed by atoms with van der Waals surface area (Å²) in [6, 6.07) is -0.572. The molecule has 0 heterocycles. The number of ketones is 1. The summed E-state index contributed by atoms with van der Waals surface area (Å²) in [5, 5.41) is 0. The van der Waals surface area contributed by atoms with E-state index in [-0.39, 0.29) is 23.6 Å². The minimum atomic E-state index is -0.572. The summed E-state index contributed by atoms with van der Waals surface area (Å²) in [6.07, 6.45) is 0.973. The lowest BCUT2D eigenvalue weighted by Gasteiger charge is -2.21. The zero-order valence-electron chi connectivity index (χ0n) is 12.5. The Labute approximate surface area is 110 Å². The molecule has 0 bridgehead atoms. The molecule has 0 aliphatic rings. The van der Waals surface area contributed by atoms with E-state index in [2.05, 4.69) is 0 Å². The molecule has 0 amide bonds. The van der Waals surface area contributed by atoms with Crippen molar-refractivity contribution in [3.63, 3.8) is 0 Å². The summed E-state index contributed by atoms with van der Waals surface area (Å²) in [5.41, 5.74) is 5.22. The summed E-state index contributed by atoms with van der Waals surface area (Å²) in [7, 11) is 0. The molecule has 0 aliphatic heterocycles. The Hall–Kier alpha value is -0.900. The van der Waals surface area contributed by atoms with Crippen molar-refractivity contribution in [1.82, 2.24) is 0 Å². The quantitative estimate of drug-likeness (QED) is 0.768. The maximum atomic E-state index is 11.8. The molecule has 106 valence electrons. The minimum absolute atomic E-state index is 0.00561. The number of carbonyl (C=O) groups is 2. The maximum absolute atomic E-state index is 11.8. The normalized spacial score (nSPS) is 14.2. The molecule has 0 spiro atoms. The van der Waals surface area contributed by atoms with Gasteiger partial charge in [-0.25, -0.2) is 0 Å².